The summed E-state index contributed by atoms with van der Waals surface area (Å²) >= 11 is 0. The summed E-state index contributed by atoms with van der Waals surface area (Å²) in [7, 11) is 1.84. The SMILES string of the molecule is Cc1c(N)n(C23CC4CC(CC(C4)C2)C3)c(=O)n1C. The van der Waals surface area contributed by atoms with Gasteiger partial charge in [-0.3, -0.25) is 9.13 Å². The molecule has 4 aliphatic rings. The van der Waals surface area contributed by atoms with Crippen LogP contribution in [-0.2, 0) is 12.6 Å². The largest absolute Gasteiger partial charge is 0.384 e. The molecule has 1 aromatic heterocycles. The standard InChI is InChI=1S/C15H23N3O/c1-9-13(16)18(14(19)17(9)2)15-6-10-3-11(7-15)5-12(4-10)8-15/h10-12H,3-8,16H2,1-2H3. The maximum atomic E-state index is 12.6. The predicted molar refractivity (Wildman–Crippen MR) is 75.0 cm³/mol. The number of anilines is 1. The molecule has 4 heteroatoms. The maximum absolute atomic E-state index is 12.6. The first-order chi connectivity index (χ1) is 9.00. The highest BCUT2D eigenvalue weighted by Crippen LogP contribution is 2.58. The Morgan fingerprint density at radius 1 is 1.11 bits per heavy atom. The lowest BCUT2D eigenvalue weighted by atomic mass is 9.53. The monoisotopic (exact) mass is 261 g/mol. The van der Waals surface area contributed by atoms with Crippen LogP contribution in [0.4, 0.5) is 5.82 Å². The highest BCUT2D eigenvalue weighted by molar-refractivity contribution is 5.38. The van der Waals surface area contributed by atoms with Crippen molar-refractivity contribution in [1.82, 2.24) is 9.13 Å². The number of rotatable bonds is 1. The first-order valence-electron chi connectivity index (χ1n) is 7.54. The van der Waals surface area contributed by atoms with Crippen molar-refractivity contribution in [3.8, 4) is 0 Å². The second-order valence-electron chi connectivity index (χ2n) is 7.29. The van der Waals surface area contributed by atoms with E-state index in [1.807, 2.05) is 18.5 Å². The van der Waals surface area contributed by atoms with Gasteiger partial charge >= 0.3 is 5.69 Å². The summed E-state index contributed by atoms with van der Waals surface area (Å²) in [6.45, 7) is 1.95. The van der Waals surface area contributed by atoms with Crippen LogP contribution in [0.5, 0.6) is 0 Å². The van der Waals surface area contributed by atoms with Gasteiger partial charge in [0.15, 0.2) is 0 Å². The van der Waals surface area contributed by atoms with Crippen molar-refractivity contribution in [1.29, 1.82) is 0 Å². The summed E-state index contributed by atoms with van der Waals surface area (Å²) in [5, 5.41) is 0. The van der Waals surface area contributed by atoms with Crippen molar-refractivity contribution in [2.45, 2.75) is 51.0 Å². The molecule has 0 unspecified atom stereocenters. The average Bonchev–Trinajstić information content (AvgIpc) is 2.52. The lowest BCUT2D eigenvalue weighted by molar-refractivity contribution is -0.0438. The molecule has 0 aromatic carbocycles. The highest BCUT2D eigenvalue weighted by Gasteiger charge is 2.53. The Labute approximate surface area is 113 Å². The Morgan fingerprint density at radius 3 is 1.95 bits per heavy atom. The number of hydrogen-bond donors (Lipinski definition) is 1. The van der Waals surface area contributed by atoms with Crippen molar-refractivity contribution < 1.29 is 0 Å². The minimum absolute atomic E-state index is 0.0436. The van der Waals surface area contributed by atoms with Crippen molar-refractivity contribution >= 4 is 5.82 Å². The number of imidazole rings is 1. The fourth-order valence-electron chi connectivity index (χ4n) is 5.53. The first-order valence-corrected chi connectivity index (χ1v) is 7.54. The second kappa shape index (κ2) is 3.47. The van der Waals surface area contributed by atoms with Crippen LogP contribution >= 0.6 is 0 Å². The summed E-state index contributed by atoms with van der Waals surface area (Å²) in [6.07, 6.45) is 7.69. The van der Waals surface area contributed by atoms with E-state index in [4.69, 9.17) is 5.73 Å². The number of nitrogens with zero attached hydrogens (tertiary/aromatic N) is 2. The number of aromatic nitrogens is 2. The molecule has 1 aromatic rings. The van der Waals surface area contributed by atoms with E-state index >= 15 is 0 Å². The van der Waals surface area contributed by atoms with Crippen molar-refractivity contribution in [3.05, 3.63) is 16.2 Å². The molecule has 4 bridgehead atoms. The van der Waals surface area contributed by atoms with Gasteiger partial charge in [-0.25, -0.2) is 4.79 Å². The van der Waals surface area contributed by atoms with Gasteiger partial charge < -0.3 is 5.73 Å². The van der Waals surface area contributed by atoms with Gasteiger partial charge in [0.05, 0.1) is 11.2 Å². The average molecular weight is 261 g/mol. The van der Waals surface area contributed by atoms with Crippen LogP contribution in [0.15, 0.2) is 4.79 Å². The van der Waals surface area contributed by atoms with Crippen molar-refractivity contribution in [3.63, 3.8) is 0 Å². The first kappa shape index (κ1) is 11.6. The molecule has 4 nitrogen and oxygen atoms in total. The summed E-state index contributed by atoms with van der Waals surface area (Å²) in [4.78, 5) is 12.6. The minimum atomic E-state index is 0.0436. The Balaban J connectivity index is 1.89. The number of nitrogen functional groups attached to an aromatic ring is 1. The van der Waals surface area contributed by atoms with E-state index in [1.54, 1.807) is 4.57 Å². The summed E-state index contributed by atoms with van der Waals surface area (Å²) in [5.41, 5.74) is 7.32. The number of hydrogen-bond acceptors (Lipinski definition) is 2. The zero-order chi connectivity index (χ0) is 13.4. The zero-order valence-electron chi connectivity index (χ0n) is 11.9. The van der Waals surface area contributed by atoms with Gasteiger partial charge in [-0.05, 0) is 63.2 Å². The fourth-order valence-corrected chi connectivity index (χ4v) is 5.53. The zero-order valence-corrected chi connectivity index (χ0v) is 11.9. The molecule has 19 heavy (non-hydrogen) atoms. The lowest BCUT2D eigenvalue weighted by Gasteiger charge is -2.57. The van der Waals surface area contributed by atoms with Gasteiger partial charge in [0.25, 0.3) is 0 Å². The molecule has 4 fully saturated rings. The van der Waals surface area contributed by atoms with Crippen LogP contribution in [0.25, 0.3) is 0 Å². The second-order valence-corrected chi connectivity index (χ2v) is 7.29. The van der Waals surface area contributed by atoms with E-state index in [0.717, 1.165) is 23.4 Å². The third kappa shape index (κ3) is 1.37. The van der Waals surface area contributed by atoms with E-state index in [-0.39, 0.29) is 11.2 Å². The molecule has 5 rings (SSSR count). The summed E-state index contributed by atoms with van der Waals surface area (Å²) in [5.74, 6) is 3.20. The van der Waals surface area contributed by atoms with Gasteiger partial charge in [-0.1, -0.05) is 0 Å². The van der Waals surface area contributed by atoms with Gasteiger partial charge in [-0.2, -0.15) is 0 Å². The minimum Gasteiger partial charge on any atom is -0.384 e. The Morgan fingerprint density at radius 2 is 1.58 bits per heavy atom. The molecule has 0 saturated heterocycles. The van der Waals surface area contributed by atoms with Crippen molar-refractivity contribution in [2.75, 3.05) is 5.73 Å². The fraction of sp³-hybridized carbons (Fsp3) is 0.800. The Bertz CT molecular complexity index is 560. The van der Waals surface area contributed by atoms with Crippen molar-refractivity contribution in [2.24, 2.45) is 24.8 Å². The highest BCUT2D eigenvalue weighted by atomic mass is 16.2. The van der Waals surface area contributed by atoms with E-state index < -0.39 is 0 Å². The van der Waals surface area contributed by atoms with Gasteiger partial charge in [-0.15, -0.1) is 0 Å². The van der Waals surface area contributed by atoms with E-state index in [2.05, 4.69) is 0 Å². The van der Waals surface area contributed by atoms with Crippen LogP contribution in [-0.4, -0.2) is 9.13 Å². The van der Waals surface area contributed by atoms with E-state index in [9.17, 15) is 4.79 Å². The molecule has 0 radical (unpaired) electrons. The molecule has 0 spiro atoms. The molecule has 0 aliphatic heterocycles. The van der Waals surface area contributed by atoms with Crippen LogP contribution in [0.2, 0.25) is 0 Å². The van der Waals surface area contributed by atoms with Gasteiger partial charge in [0.2, 0.25) is 0 Å². The molecule has 0 amide bonds. The summed E-state index contributed by atoms with van der Waals surface area (Å²) < 4.78 is 3.68. The van der Waals surface area contributed by atoms with Gasteiger partial charge in [0.1, 0.15) is 5.82 Å². The normalized spacial score (nSPS) is 40.0. The smallest absolute Gasteiger partial charge is 0.330 e. The van der Waals surface area contributed by atoms with Crippen LogP contribution in [0, 0.1) is 24.7 Å². The molecule has 1 heterocycles. The molecule has 104 valence electrons. The molecular weight excluding hydrogens is 238 g/mol. The molecule has 2 N–H and O–H groups in total. The molecule has 4 aliphatic carbocycles. The molecule has 0 atom stereocenters. The van der Waals surface area contributed by atoms with Crippen LogP contribution in [0.3, 0.4) is 0 Å². The quantitative estimate of drug-likeness (QED) is 0.840. The third-order valence-electron chi connectivity index (χ3n) is 6.07. The number of nitrogens with two attached hydrogens (primary N) is 1. The Hall–Kier alpha value is -1.19. The van der Waals surface area contributed by atoms with Crippen LogP contribution in [0.1, 0.15) is 44.2 Å². The Kier molecular flexibility index (Phi) is 2.12. The molecule has 4 saturated carbocycles. The molecular formula is C15H23N3O. The summed E-state index contributed by atoms with van der Waals surface area (Å²) in [6, 6.07) is 0. The maximum Gasteiger partial charge on any atom is 0.330 e. The third-order valence-corrected chi connectivity index (χ3v) is 6.07. The topological polar surface area (TPSA) is 52.9 Å². The van der Waals surface area contributed by atoms with Crippen LogP contribution < -0.4 is 11.4 Å². The predicted octanol–water partition coefficient (Wildman–Crippen LogP) is 2.00. The van der Waals surface area contributed by atoms with Gasteiger partial charge in [0, 0.05) is 7.05 Å². The lowest BCUT2D eigenvalue weighted by Crippen LogP contribution is -2.54. The van der Waals surface area contributed by atoms with E-state index in [1.165, 1.54) is 38.5 Å². The van der Waals surface area contributed by atoms with E-state index in [0.29, 0.717) is 5.82 Å².